The summed E-state index contributed by atoms with van der Waals surface area (Å²) in [5.41, 5.74) is 0. The molecule has 0 aliphatic carbocycles. The van der Waals surface area contributed by atoms with Crippen molar-refractivity contribution >= 4 is 19.8 Å². The molecule has 0 radical (unpaired) electrons. The van der Waals surface area contributed by atoms with Crippen molar-refractivity contribution in [3.8, 4) is 0 Å². The minimum Gasteiger partial charge on any atom is -0.462 e. The zero-order valence-corrected chi connectivity index (χ0v) is 24.3. The van der Waals surface area contributed by atoms with E-state index in [1.807, 2.05) is 0 Å². The number of hydrogen-bond donors (Lipinski definition) is 2. The highest BCUT2D eigenvalue weighted by Crippen LogP contribution is 2.35. The monoisotopic (exact) mass is 548 g/mol. The fraction of sp³-hybridized carbons (Fsp3) is 0.857. The van der Waals surface area contributed by atoms with Gasteiger partial charge in [-0.1, -0.05) is 96.6 Å². The first-order chi connectivity index (χ1) is 17.8. The highest BCUT2D eigenvalue weighted by molar-refractivity contribution is 7.46. The van der Waals surface area contributed by atoms with Crippen LogP contribution in [0.4, 0.5) is 0 Å². The summed E-state index contributed by atoms with van der Waals surface area (Å²) in [5.74, 6) is -0.906. The Bertz CT molecular complexity index is 632. The fourth-order valence-electron chi connectivity index (χ4n) is 3.84. The van der Waals surface area contributed by atoms with Crippen LogP contribution in [0.3, 0.4) is 0 Å². The van der Waals surface area contributed by atoms with Gasteiger partial charge in [0.1, 0.15) is 6.61 Å². The lowest BCUT2D eigenvalue weighted by molar-refractivity contribution is -0.161. The molecule has 0 aliphatic heterocycles. The first-order valence-electron chi connectivity index (χ1n) is 14.5. The number of ether oxygens (including phenoxy) is 2. The molecule has 2 N–H and O–H groups in total. The molecule has 0 aromatic carbocycles. The molecule has 0 aliphatic rings. The molecule has 0 rings (SSSR count). The summed E-state index contributed by atoms with van der Waals surface area (Å²) < 4.78 is 26.0. The zero-order chi connectivity index (χ0) is 27.6. The minimum absolute atomic E-state index is 0.204. The van der Waals surface area contributed by atoms with E-state index in [2.05, 4.69) is 30.5 Å². The average molecular weight is 549 g/mol. The predicted molar refractivity (Wildman–Crippen MR) is 147 cm³/mol. The Hall–Kier alpha value is -1.21. The van der Waals surface area contributed by atoms with E-state index in [4.69, 9.17) is 19.3 Å². The van der Waals surface area contributed by atoms with Gasteiger partial charge in [0.2, 0.25) is 0 Å². The van der Waals surface area contributed by atoms with Gasteiger partial charge >= 0.3 is 19.8 Å². The first kappa shape index (κ1) is 35.8. The van der Waals surface area contributed by atoms with Crippen molar-refractivity contribution < 1.29 is 37.9 Å². The second-order valence-corrected chi connectivity index (χ2v) is 11.0. The average Bonchev–Trinajstić information content (AvgIpc) is 2.85. The Morgan fingerprint density at radius 3 is 1.68 bits per heavy atom. The standard InChI is InChI=1S/C28H53O8P/c1-3-5-7-9-11-12-13-14-15-16-17-19-21-23-28(30)36-26(25-35-37(31,32)33)24-34-27(29)22-20-18-10-8-6-4-2/h12-13,26H,3-11,14-25H2,1-2H3,(H2,31,32,33)/b13-12-. The largest absolute Gasteiger partial charge is 0.469 e. The Morgan fingerprint density at radius 1 is 0.676 bits per heavy atom. The lowest BCUT2D eigenvalue weighted by Gasteiger charge is -2.18. The van der Waals surface area contributed by atoms with Crippen molar-refractivity contribution in [3.05, 3.63) is 12.2 Å². The van der Waals surface area contributed by atoms with Gasteiger partial charge in [0.05, 0.1) is 6.61 Å². The summed E-state index contributed by atoms with van der Waals surface area (Å²) in [6.45, 7) is 3.55. The molecule has 37 heavy (non-hydrogen) atoms. The van der Waals surface area contributed by atoms with E-state index in [0.29, 0.717) is 6.42 Å². The van der Waals surface area contributed by atoms with Crippen LogP contribution < -0.4 is 0 Å². The van der Waals surface area contributed by atoms with Gasteiger partial charge in [0.15, 0.2) is 6.10 Å². The predicted octanol–water partition coefficient (Wildman–Crippen LogP) is 7.56. The van der Waals surface area contributed by atoms with Crippen LogP contribution in [0.2, 0.25) is 0 Å². The SMILES string of the molecule is CCCCCC/C=C\CCCCCCCC(=O)OC(COC(=O)CCCCCCCC)COP(=O)(O)O. The highest BCUT2D eigenvalue weighted by atomic mass is 31.2. The first-order valence-corrected chi connectivity index (χ1v) is 16.0. The van der Waals surface area contributed by atoms with Gasteiger partial charge in [-0.05, 0) is 38.5 Å². The number of phosphoric ester groups is 1. The number of carbonyl (C=O) groups excluding carboxylic acids is 2. The minimum atomic E-state index is -4.73. The van der Waals surface area contributed by atoms with Gasteiger partial charge in [-0.25, -0.2) is 4.57 Å². The topological polar surface area (TPSA) is 119 Å². The summed E-state index contributed by atoms with van der Waals surface area (Å²) in [6.07, 6.45) is 22.5. The molecule has 8 nitrogen and oxygen atoms in total. The van der Waals surface area contributed by atoms with E-state index in [0.717, 1.165) is 64.2 Å². The van der Waals surface area contributed by atoms with Crippen molar-refractivity contribution in [2.24, 2.45) is 0 Å². The molecule has 0 fully saturated rings. The summed E-state index contributed by atoms with van der Waals surface area (Å²) in [7, 11) is -4.73. The van der Waals surface area contributed by atoms with Crippen molar-refractivity contribution in [1.82, 2.24) is 0 Å². The third-order valence-electron chi connectivity index (χ3n) is 6.03. The Balaban J connectivity index is 4.06. The maximum absolute atomic E-state index is 12.2. The summed E-state index contributed by atoms with van der Waals surface area (Å²) in [6, 6.07) is 0. The Labute approximate surface area is 225 Å². The van der Waals surface area contributed by atoms with Crippen molar-refractivity contribution in [1.29, 1.82) is 0 Å². The van der Waals surface area contributed by atoms with E-state index >= 15 is 0 Å². The maximum atomic E-state index is 12.2. The molecule has 0 bridgehead atoms. The van der Waals surface area contributed by atoms with Crippen LogP contribution in [0.15, 0.2) is 12.2 Å². The van der Waals surface area contributed by atoms with Gasteiger partial charge < -0.3 is 19.3 Å². The van der Waals surface area contributed by atoms with Gasteiger partial charge in [-0.2, -0.15) is 0 Å². The van der Waals surface area contributed by atoms with E-state index in [1.54, 1.807) is 0 Å². The summed E-state index contributed by atoms with van der Waals surface area (Å²) in [4.78, 5) is 42.1. The molecular formula is C28H53O8P. The van der Waals surface area contributed by atoms with E-state index < -0.39 is 32.5 Å². The number of allylic oxidation sites excluding steroid dienone is 2. The van der Waals surface area contributed by atoms with Crippen molar-refractivity contribution in [3.63, 3.8) is 0 Å². The number of phosphoric acid groups is 1. The second-order valence-electron chi connectivity index (χ2n) is 9.73. The van der Waals surface area contributed by atoms with Crippen molar-refractivity contribution in [2.45, 2.75) is 142 Å². The van der Waals surface area contributed by atoms with Gasteiger partial charge in [-0.3, -0.25) is 14.1 Å². The van der Waals surface area contributed by atoms with Gasteiger partial charge in [0, 0.05) is 12.8 Å². The Morgan fingerprint density at radius 2 is 1.14 bits per heavy atom. The smallest absolute Gasteiger partial charge is 0.462 e. The Kier molecular flexibility index (Phi) is 24.3. The molecule has 0 saturated carbocycles. The molecule has 0 amide bonds. The number of rotatable bonds is 26. The molecule has 0 spiro atoms. The normalized spacial score (nSPS) is 12.6. The van der Waals surface area contributed by atoms with E-state index in [-0.39, 0.29) is 19.4 Å². The molecular weight excluding hydrogens is 495 g/mol. The molecule has 9 heteroatoms. The number of hydrogen-bond acceptors (Lipinski definition) is 6. The molecule has 0 heterocycles. The molecule has 1 unspecified atom stereocenters. The lowest BCUT2D eigenvalue weighted by atomic mass is 10.1. The third kappa shape index (κ3) is 27.6. The zero-order valence-electron chi connectivity index (χ0n) is 23.4. The molecule has 1 atom stereocenters. The summed E-state index contributed by atoms with van der Waals surface area (Å²) in [5, 5.41) is 0. The maximum Gasteiger partial charge on any atom is 0.469 e. The number of esters is 2. The van der Waals surface area contributed by atoms with Crippen LogP contribution in [0, 0.1) is 0 Å². The summed E-state index contributed by atoms with van der Waals surface area (Å²) >= 11 is 0. The van der Waals surface area contributed by atoms with Gasteiger partial charge in [0.25, 0.3) is 0 Å². The molecule has 218 valence electrons. The molecule has 0 aromatic heterocycles. The fourth-order valence-corrected chi connectivity index (χ4v) is 4.20. The van der Waals surface area contributed by atoms with Crippen molar-refractivity contribution in [2.75, 3.05) is 13.2 Å². The lowest BCUT2D eigenvalue weighted by Crippen LogP contribution is -2.29. The van der Waals surface area contributed by atoms with Crippen LogP contribution in [-0.2, 0) is 28.2 Å². The van der Waals surface area contributed by atoms with Crippen LogP contribution in [0.25, 0.3) is 0 Å². The van der Waals surface area contributed by atoms with Crippen LogP contribution in [-0.4, -0.2) is 41.0 Å². The number of unbranched alkanes of at least 4 members (excludes halogenated alkanes) is 14. The highest BCUT2D eigenvalue weighted by Gasteiger charge is 2.22. The van der Waals surface area contributed by atoms with Crippen LogP contribution in [0.5, 0.6) is 0 Å². The molecule has 0 saturated heterocycles. The van der Waals surface area contributed by atoms with E-state index in [9.17, 15) is 14.2 Å². The second kappa shape index (κ2) is 25.1. The van der Waals surface area contributed by atoms with Crippen LogP contribution >= 0.6 is 7.82 Å². The quantitative estimate of drug-likeness (QED) is 0.0492. The van der Waals surface area contributed by atoms with Crippen LogP contribution in [0.1, 0.15) is 136 Å². The number of carbonyl (C=O) groups is 2. The molecule has 0 aromatic rings. The van der Waals surface area contributed by atoms with E-state index in [1.165, 1.54) is 38.5 Å². The third-order valence-corrected chi connectivity index (χ3v) is 6.52. The van der Waals surface area contributed by atoms with Gasteiger partial charge in [-0.15, -0.1) is 0 Å².